The van der Waals surface area contributed by atoms with E-state index in [1.165, 1.54) is 0 Å². The van der Waals surface area contributed by atoms with Crippen molar-refractivity contribution in [3.63, 3.8) is 0 Å². The minimum absolute atomic E-state index is 0.498. The monoisotopic (exact) mass is 120 g/mol. The van der Waals surface area contributed by atoms with Gasteiger partial charge in [-0.2, -0.15) is 0 Å². The number of hydrogen-bond donors (Lipinski definition) is 0. The fourth-order valence-electron chi connectivity index (χ4n) is 0.405. The third-order valence-electron chi connectivity index (χ3n) is 0.701. The van der Waals surface area contributed by atoms with Gasteiger partial charge < -0.3 is 0 Å². The molecule has 0 radical (unpaired) electrons. The van der Waals surface area contributed by atoms with Gasteiger partial charge in [-0.05, 0) is 0 Å². The molecule has 0 fully saturated rings. The summed E-state index contributed by atoms with van der Waals surface area (Å²) in [5, 5.41) is 0. The Kier molecular flexibility index (Phi) is 1.13. The number of rotatable bonds is 0. The third-order valence-corrected chi connectivity index (χ3v) is 1.16. The van der Waals surface area contributed by atoms with E-state index in [4.69, 9.17) is 0 Å². The van der Waals surface area contributed by atoms with Crippen molar-refractivity contribution >= 4 is 0 Å². The first-order valence-corrected chi connectivity index (χ1v) is 2.57. The van der Waals surface area contributed by atoms with Gasteiger partial charge in [-0.3, -0.25) is 0 Å². The van der Waals surface area contributed by atoms with Gasteiger partial charge in [-0.25, -0.2) is 0 Å². The summed E-state index contributed by atoms with van der Waals surface area (Å²) >= 11 is 3.36. The van der Waals surface area contributed by atoms with Gasteiger partial charge in [0.25, 0.3) is 0 Å². The molecule has 0 nitrogen and oxygen atoms in total. The van der Waals surface area contributed by atoms with Crippen LogP contribution in [0.25, 0.3) is 0 Å². The summed E-state index contributed by atoms with van der Waals surface area (Å²) in [5.41, 5.74) is 0. The van der Waals surface area contributed by atoms with Crippen LogP contribution in [0, 0.1) is 0 Å². The summed E-state index contributed by atoms with van der Waals surface area (Å²) < 4.78 is 0. The van der Waals surface area contributed by atoms with Crippen LogP contribution in [0.1, 0.15) is 0 Å². The average Bonchev–Trinajstić information content (AvgIpc) is 1.86. The van der Waals surface area contributed by atoms with E-state index in [1.54, 1.807) is 0 Å². The van der Waals surface area contributed by atoms with Crippen molar-refractivity contribution in [3.8, 4) is 0 Å². The molecular weight excluding hydrogens is 115 g/mol. The van der Waals surface area contributed by atoms with Gasteiger partial charge in [-0.1, -0.05) is 0 Å². The second kappa shape index (κ2) is 1.63. The zero-order valence-corrected chi connectivity index (χ0v) is 4.45. The van der Waals surface area contributed by atoms with Gasteiger partial charge in [0.2, 0.25) is 0 Å². The maximum absolute atomic E-state index is 3.36. The standard InChI is InChI=1S/C5H5.Mn/c1-2-4-5-3-1;/h1-5H;. The SMILES string of the molecule is [Mn][CH]1C=CC=C1. The Balaban J connectivity index is 2.60. The summed E-state index contributed by atoms with van der Waals surface area (Å²) in [6.45, 7) is 0. The fourth-order valence-corrected chi connectivity index (χ4v) is 0.667. The first kappa shape index (κ1) is 4.17. The average molecular weight is 120 g/mol. The molecule has 6 heavy (non-hydrogen) atoms. The molecule has 0 saturated heterocycles. The van der Waals surface area contributed by atoms with Crippen molar-refractivity contribution in [2.45, 2.75) is 4.82 Å². The Morgan fingerprint density at radius 1 is 1.17 bits per heavy atom. The van der Waals surface area contributed by atoms with E-state index in [-0.39, 0.29) is 0 Å². The van der Waals surface area contributed by atoms with E-state index in [0.29, 0.717) is 4.82 Å². The molecule has 0 N–H and O–H groups in total. The second-order valence-corrected chi connectivity index (χ2v) is 2.00. The number of hydrogen-bond acceptors (Lipinski definition) is 0. The van der Waals surface area contributed by atoms with Crippen LogP contribution in [-0.2, 0) is 16.0 Å². The van der Waals surface area contributed by atoms with Crippen molar-refractivity contribution < 1.29 is 16.0 Å². The molecule has 0 heterocycles. The van der Waals surface area contributed by atoms with Crippen LogP contribution in [-0.4, -0.2) is 0 Å². The van der Waals surface area contributed by atoms with E-state index < -0.39 is 0 Å². The van der Waals surface area contributed by atoms with E-state index in [9.17, 15) is 0 Å². The molecule has 0 aromatic rings. The Labute approximate surface area is 45.7 Å². The summed E-state index contributed by atoms with van der Waals surface area (Å²) in [6.07, 6.45) is 8.22. The number of allylic oxidation sites excluding steroid dienone is 4. The quantitative estimate of drug-likeness (QED) is 0.424. The fraction of sp³-hybridized carbons (Fsp3) is 0.200. The molecule has 1 aliphatic rings. The van der Waals surface area contributed by atoms with Gasteiger partial charge in [-0.15, -0.1) is 0 Å². The van der Waals surface area contributed by atoms with Gasteiger partial charge in [0.05, 0.1) is 0 Å². The topological polar surface area (TPSA) is 0 Å². The Bertz CT molecular complexity index is 80.1. The normalized spacial score (nSPS) is 20.2. The van der Waals surface area contributed by atoms with Crippen LogP contribution in [0.3, 0.4) is 0 Å². The van der Waals surface area contributed by atoms with Crippen LogP contribution in [0.4, 0.5) is 0 Å². The van der Waals surface area contributed by atoms with E-state index in [1.807, 2.05) is 12.2 Å². The molecule has 1 rings (SSSR count). The molecule has 1 heteroatoms. The molecule has 0 aromatic carbocycles. The maximum atomic E-state index is 3.36. The van der Waals surface area contributed by atoms with E-state index in [2.05, 4.69) is 28.2 Å². The second-order valence-electron chi connectivity index (χ2n) is 1.21. The molecule has 0 bridgehead atoms. The predicted molar refractivity (Wildman–Crippen MR) is 22.0 cm³/mol. The first-order chi connectivity index (χ1) is 2.89. The van der Waals surface area contributed by atoms with Crippen LogP contribution in [0.2, 0.25) is 4.82 Å². The van der Waals surface area contributed by atoms with E-state index >= 15 is 0 Å². The van der Waals surface area contributed by atoms with E-state index in [0.717, 1.165) is 0 Å². The van der Waals surface area contributed by atoms with Crippen molar-refractivity contribution in [3.05, 3.63) is 24.3 Å². The Hall–Kier alpha value is -0.000519. The van der Waals surface area contributed by atoms with Crippen molar-refractivity contribution in [2.75, 3.05) is 0 Å². The summed E-state index contributed by atoms with van der Waals surface area (Å²) in [7, 11) is 0. The van der Waals surface area contributed by atoms with Crippen molar-refractivity contribution in [1.29, 1.82) is 0 Å². The molecule has 32 valence electrons. The molecule has 0 unspecified atom stereocenters. The van der Waals surface area contributed by atoms with Gasteiger partial charge in [0.15, 0.2) is 0 Å². The van der Waals surface area contributed by atoms with Crippen LogP contribution in [0.15, 0.2) is 24.3 Å². The van der Waals surface area contributed by atoms with Crippen LogP contribution in [0.5, 0.6) is 0 Å². The summed E-state index contributed by atoms with van der Waals surface area (Å²) in [4.78, 5) is 0.498. The Morgan fingerprint density at radius 2 is 1.67 bits per heavy atom. The van der Waals surface area contributed by atoms with Crippen molar-refractivity contribution in [1.82, 2.24) is 0 Å². The zero-order valence-electron chi connectivity index (χ0n) is 3.26. The van der Waals surface area contributed by atoms with Gasteiger partial charge in [0.1, 0.15) is 0 Å². The van der Waals surface area contributed by atoms with Crippen LogP contribution >= 0.6 is 0 Å². The first-order valence-electron chi connectivity index (χ1n) is 1.88. The summed E-state index contributed by atoms with van der Waals surface area (Å²) in [6, 6.07) is 0. The molecule has 0 aromatic heterocycles. The minimum atomic E-state index is 0.498. The summed E-state index contributed by atoms with van der Waals surface area (Å²) in [5.74, 6) is 0. The van der Waals surface area contributed by atoms with Crippen LogP contribution < -0.4 is 0 Å². The zero-order chi connectivity index (χ0) is 4.41. The molecule has 0 aliphatic heterocycles. The van der Waals surface area contributed by atoms with Crippen molar-refractivity contribution in [2.24, 2.45) is 0 Å². The molecule has 0 atom stereocenters. The molecule has 0 amide bonds. The Morgan fingerprint density at radius 3 is 1.83 bits per heavy atom. The molecule has 0 spiro atoms. The molecule has 1 aliphatic carbocycles. The molecule has 0 saturated carbocycles. The molecular formula is C5H5Mn. The third kappa shape index (κ3) is 0.734. The van der Waals surface area contributed by atoms with Gasteiger partial charge in [0, 0.05) is 0 Å². The van der Waals surface area contributed by atoms with Gasteiger partial charge >= 0.3 is 45.1 Å². The predicted octanol–water partition coefficient (Wildman–Crippen LogP) is 1.45.